The fourth-order valence-corrected chi connectivity index (χ4v) is 4.64. The predicted octanol–water partition coefficient (Wildman–Crippen LogP) is 3.78. The van der Waals surface area contributed by atoms with Crippen molar-refractivity contribution in [3.8, 4) is 0 Å². The summed E-state index contributed by atoms with van der Waals surface area (Å²) in [7, 11) is 0. The van der Waals surface area contributed by atoms with E-state index < -0.39 is 51.8 Å². The van der Waals surface area contributed by atoms with Crippen LogP contribution in [-0.2, 0) is 42.6 Å². The Labute approximate surface area is 234 Å². The van der Waals surface area contributed by atoms with E-state index in [-0.39, 0.29) is 13.2 Å². The van der Waals surface area contributed by atoms with Crippen molar-refractivity contribution in [2.45, 2.75) is 43.9 Å². The number of rotatable bonds is 8. The Morgan fingerprint density at radius 3 is 1.92 bits per heavy atom. The van der Waals surface area contributed by atoms with Crippen molar-refractivity contribution in [3.05, 3.63) is 105 Å². The summed E-state index contributed by atoms with van der Waals surface area (Å²) < 4.78 is 43.3. The van der Waals surface area contributed by atoms with Gasteiger partial charge < -0.3 is 23.7 Å². The largest absolute Gasteiger partial charge is 0.509 e. The van der Waals surface area contributed by atoms with Crippen molar-refractivity contribution < 1.29 is 37.7 Å². The maximum atomic E-state index is 16.2. The Balaban J connectivity index is 1.62. The highest BCUT2D eigenvalue weighted by Gasteiger charge is 2.67. The molecule has 206 valence electrons. The van der Waals surface area contributed by atoms with E-state index in [1.807, 2.05) is 4.98 Å². The number of carbonyl (C=O) groups excluding carboxylic acids is 2. The normalized spacial score (nSPS) is 24.1. The van der Waals surface area contributed by atoms with Gasteiger partial charge in [-0.25, -0.2) is 18.8 Å². The highest BCUT2D eigenvalue weighted by Crippen LogP contribution is 2.46. The molecule has 4 rings (SSSR count). The van der Waals surface area contributed by atoms with Crippen LogP contribution in [0.25, 0.3) is 0 Å². The van der Waals surface area contributed by atoms with Crippen LogP contribution in [0.1, 0.15) is 18.1 Å². The van der Waals surface area contributed by atoms with Gasteiger partial charge in [0.1, 0.15) is 13.2 Å². The first-order chi connectivity index (χ1) is 18.6. The van der Waals surface area contributed by atoms with E-state index in [2.05, 4.69) is 0 Å². The van der Waals surface area contributed by atoms with Crippen LogP contribution in [0, 0.1) is 0 Å². The van der Waals surface area contributed by atoms with Crippen molar-refractivity contribution in [2.24, 2.45) is 0 Å². The van der Waals surface area contributed by atoms with E-state index in [0.29, 0.717) is 11.1 Å². The van der Waals surface area contributed by atoms with E-state index in [4.69, 9.17) is 23.7 Å². The standard InChI is InChI=1S/C26H24FIN2O9/c1-25(30-13-12-19(31)29-22(30)32)20(37-23(33)35-14-17-8-4-2-5-9-17)21(26(27,16-28)39-25)38-24(34)36-15-18-10-6-3-7-11-18/h2-13,20-21H,14-16H2,1H3,(H,29,31,32)/t20-,21+,25-,26-/m1/s1. The molecule has 2 aromatic carbocycles. The Hall–Kier alpha value is -3.72. The van der Waals surface area contributed by atoms with Crippen LogP contribution in [0.15, 0.2) is 82.5 Å². The number of hydrogen-bond acceptors (Lipinski definition) is 9. The summed E-state index contributed by atoms with van der Waals surface area (Å²) in [4.78, 5) is 51.7. The first kappa shape index (κ1) is 28.3. The van der Waals surface area contributed by atoms with E-state index in [9.17, 15) is 19.2 Å². The highest BCUT2D eigenvalue weighted by molar-refractivity contribution is 14.1. The molecule has 1 aliphatic rings. The first-order valence-electron chi connectivity index (χ1n) is 11.7. The van der Waals surface area contributed by atoms with Gasteiger partial charge in [0.05, 0.1) is 4.43 Å². The molecule has 0 bridgehead atoms. The molecule has 11 nitrogen and oxygen atoms in total. The van der Waals surface area contributed by atoms with Gasteiger partial charge in [0.2, 0.25) is 6.10 Å². The fraction of sp³-hybridized carbons (Fsp3) is 0.308. The number of aromatic amines is 1. The summed E-state index contributed by atoms with van der Waals surface area (Å²) in [5, 5.41) is 0. The molecule has 0 saturated carbocycles. The molecule has 2 heterocycles. The zero-order valence-electron chi connectivity index (χ0n) is 20.6. The first-order valence-corrected chi connectivity index (χ1v) is 13.2. The second-order valence-corrected chi connectivity index (χ2v) is 9.44. The number of carbonyl (C=O) groups is 2. The molecular formula is C26H24FIN2O9. The van der Waals surface area contributed by atoms with Crippen molar-refractivity contribution in [1.29, 1.82) is 0 Å². The third-order valence-electron chi connectivity index (χ3n) is 5.93. The topological polar surface area (TPSA) is 135 Å². The number of alkyl halides is 2. The van der Waals surface area contributed by atoms with Crippen LogP contribution < -0.4 is 11.2 Å². The minimum absolute atomic E-state index is 0.166. The van der Waals surface area contributed by atoms with Crippen LogP contribution in [-0.4, -0.2) is 44.4 Å². The van der Waals surface area contributed by atoms with Gasteiger partial charge in [0, 0.05) is 12.3 Å². The summed E-state index contributed by atoms with van der Waals surface area (Å²) in [6.45, 7) is 0.916. The SMILES string of the molecule is C[C@@]1(n2ccc(=O)[nH]c2=O)O[C@](F)(CI)[C@@H](OC(=O)OCc2ccccc2)[C@H]1OC(=O)OCc1ccccc1. The number of aromatic nitrogens is 2. The Bertz CT molecular complexity index is 1420. The number of ether oxygens (including phenoxy) is 5. The van der Waals surface area contributed by atoms with Gasteiger partial charge in [0.25, 0.3) is 11.4 Å². The molecule has 1 saturated heterocycles. The van der Waals surface area contributed by atoms with Crippen LogP contribution in [0.2, 0.25) is 0 Å². The summed E-state index contributed by atoms with van der Waals surface area (Å²) in [6.07, 6.45) is -5.07. The molecule has 1 fully saturated rings. The average Bonchev–Trinajstić information content (AvgIpc) is 3.14. The smallest absolute Gasteiger partial charge is 0.429 e. The number of benzene rings is 2. The van der Waals surface area contributed by atoms with Gasteiger partial charge in [-0.15, -0.1) is 0 Å². The maximum Gasteiger partial charge on any atom is 0.509 e. The molecule has 4 atom stereocenters. The second kappa shape index (κ2) is 12.0. The molecule has 0 aliphatic carbocycles. The van der Waals surface area contributed by atoms with Crippen LogP contribution in [0.3, 0.4) is 0 Å². The van der Waals surface area contributed by atoms with Gasteiger partial charge in [-0.2, -0.15) is 0 Å². The van der Waals surface area contributed by atoms with E-state index in [0.717, 1.165) is 16.8 Å². The van der Waals surface area contributed by atoms with E-state index in [1.54, 1.807) is 83.3 Å². The third kappa shape index (κ3) is 6.47. The minimum Gasteiger partial charge on any atom is -0.429 e. The van der Waals surface area contributed by atoms with Crippen LogP contribution >= 0.6 is 22.6 Å². The molecular weight excluding hydrogens is 630 g/mol. The summed E-state index contributed by atoms with van der Waals surface area (Å²) in [6, 6.07) is 18.4. The van der Waals surface area contributed by atoms with Crippen molar-refractivity contribution in [1.82, 2.24) is 9.55 Å². The van der Waals surface area contributed by atoms with Gasteiger partial charge >= 0.3 is 18.0 Å². The quantitative estimate of drug-likeness (QED) is 0.219. The number of nitrogens with one attached hydrogen (secondary N) is 1. The highest BCUT2D eigenvalue weighted by atomic mass is 127. The van der Waals surface area contributed by atoms with E-state index in [1.165, 1.54) is 6.92 Å². The molecule has 0 spiro atoms. The lowest BCUT2D eigenvalue weighted by Gasteiger charge is -2.31. The molecule has 13 heteroatoms. The molecule has 0 unspecified atom stereocenters. The lowest BCUT2D eigenvalue weighted by atomic mass is 10.0. The second-order valence-electron chi connectivity index (χ2n) is 8.68. The molecule has 1 N–H and O–H groups in total. The lowest BCUT2D eigenvalue weighted by Crippen LogP contribution is -2.52. The zero-order valence-corrected chi connectivity index (χ0v) is 22.7. The van der Waals surface area contributed by atoms with Gasteiger partial charge in [-0.1, -0.05) is 83.3 Å². The summed E-state index contributed by atoms with van der Waals surface area (Å²) in [5.41, 5.74) is -2.45. The van der Waals surface area contributed by atoms with Crippen molar-refractivity contribution >= 4 is 34.9 Å². The third-order valence-corrected chi connectivity index (χ3v) is 6.97. The number of halogens is 2. The monoisotopic (exact) mass is 654 g/mol. The average molecular weight is 654 g/mol. The van der Waals surface area contributed by atoms with Gasteiger partial charge in [-0.3, -0.25) is 14.3 Å². The summed E-state index contributed by atoms with van der Waals surface area (Å²) in [5.74, 6) is -2.74. The van der Waals surface area contributed by atoms with Gasteiger partial charge in [0.15, 0.2) is 11.8 Å². The lowest BCUT2D eigenvalue weighted by molar-refractivity contribution is -0.213. The minimum atomic E-state index is -2.74. The maximum absolute atomic E-state index is 16.2. The van der Waals surface area contributed by atoms with Crippen molar-refractivity contribution in [3.63, 3.8) is 0 Å². The van der Waals surface area contributed by atoms with Crippen LogP contribution in [0.5, 0.6) is 0 Å². The number of nitrogens with zero attached hydrogens (tertiary/aromatic N) is 1. The van der Waals surface area contributed by atoms with Gasteiger partial charge in [-0.05, 0) is 18.1 Å². The fourth-order valence-electron chi connectivity index (χ4n) is 4.05. The Morgan fingerprint density at radius 1 is 0.923 bits per heavy atom. The number of hydrogen-bond donors (Lipinski definition) is 1. The molecule has 39 heavy (non-hydrogen) atoms. The summed E-state index contributed by atoms with van der Waals surface area (Å²) >= 11 is 1.67. The molecule has 3 aromatic rings. The molecule has 0 amide bonds. The molecule has 1 aromatic heterocycles. The Morgan fingerprint density at radius 2 is 1.44 bits per heavy atom. The zero-order chi connectivity index (χ0) is 28.0. The number of H-pyrrole nitrogens is 1. The van der Waals surface area contributed by atoms with Crippen molar-refractivity contribution in [2.75, 3.05) is 4.43 Å². The predicted molar refractivity (Wildman–Crippen MR) is 142 cm³/mol. The molecule has 1 aliphatic heterocycles. The molecule has 0 radical (unpaired) electrons. The Kier molecular flexibility index (Phi) is 8.70. The van der Waals surface area contributed by atoms with Crippen LogP contribution in [0.4, 0.5) is 14.0 Å². The van der Waals surface area contributed by atoms with E-state index >= 15 is 4.39 Å².